The maximum absolute atomic E-state index is 6.23. The Kier molecular flexibility index (Phi) is 3.38. The minimum atomic E-state index is 0.278. The van der Waals surface area contributed by atoms with Crippen molar-refractivity contribution in [3.05, 3.63) is 46.5 Å². The van der Waals surface area contributed by atoms with Gasteiger partial charge in [-0.15, -0.1) is 0 Å². The zero-order valence-corrected chi connectivity index (χ0v) is 11.9. The lowest BCUT2D eigenvalue weighted by atomic mass is 10.1. The van der Waals surface area contributed by atoms with E-state index in [2.05, 4.69) is 25.1 Å². The number of aromatic amines is 1. The third-order valence-electron chi connectivity index (χ3n) is 2.79. The topological polar surface area (TPSA) is 67.3 Å². The summed E-state index contributed by atoms with van der Waals surface area (Å²) in [6.07, 6.45) is 1.37. The van der Waals surface area contributed by atoms with E-state index in [1.165, 1.54) is 6.33 Å². The molecule has 0 spiro atoms. The number of aromatic nitrogens is 5. The van der Waals surface area contributed by atoms with Crippen LogP contribution in [0.4, 0.5) is 0 Å². The van der Waals surface area contributed by atoms with Crippen molar-refractivity contribution in [1.82, 2.24) is 25.1 Å². The molecule has 3 rings (SSSR count). The number of aryl methyl sites for hydroxylation is 1. The van der Waals surface area contributed by atoms with Crippen LogP contribution in [0.15, 0.2) is 30.6 Å². The Morgan fingerprint density at radius 3 is 2.20 bits per heavy atom. The molecule has 20 heavy (non-hydrogen) atoms. The summed E-state index contributed by atoms with van der Waals surface area (Å²) in [5, 5.41) is 6.97. The van der Waals surface area contributed by atoms with Gasteiger partial charge in [-0.1, -0.05) is 53.0 Å². The molecule has 1 aromatic carbocycles. The first kappa shape index (κ1) is 13.0. The van der Waals surface area contributed by atoms with Crippen LogP contribution < -0.4 is 0 Å². The van der Waals surface area contributed by atoms with Gasteiger partial charge < -0.3 is 0 Å². The number of rotatable bonds is 2. The zero-order chi connectivity index (χ0) is 14.1. The van der Waals surface area contributed by atoms with E-state index in [9.17, 15) is 0 Å². The molecule has 0 aliphatic heterocycles. The normalized spacial score (nSPS) is 10.8. The molecule has 0 aliphatic carbocycles. The molecule has 0 fully saturated rings. The van der Waals surface area contributed by atoms with Crippen molar-refractivity contribution < 1.29 is 0 Å². The molecular weight excluding hydrogens is 297 g/mol. The van der Waals surface area contributed by atoms with Crippen molar-refractivity contribution in [2.45, 2.75) is 6.92 Å². The Bertz CT molecular complexity index is 715. The average Bonchev–Trinajstić information content (AvgIpc) is 2.94. The summed E-state index contributed by atoms with van der Waals surface area (Å²) in [4.78, 5) is 12.4. The highest BCUT2D eigenvalue weighted by atomic mass is 35.5. The lowest BCUT2D eigenvalue weighted by Gasteiger charge is -2.07. The fourth-order valence-electron chi connectivity index (χ4n) is 1.79. The summed E-state index contributed by atoms with van der Waals surface area (Å²) in [5.41, 5.74) is 2.63. The van der Waals surface area contributed by atoms with Crippen molar-refractivity contribution in [2.75, 3.05) is 0 Å². The van der Waals surface area contributed by atoms with Crippen LogP contribution in [0.2, 0.25) is 10.3 Å². The molecule has 7 heteroatoms. The van der Waals surface area contributed by atoms with E-state index in [-0.39, 0.29) is 10.3 Å². The molecule has 0 radical (unpaired) electrons. The highest BCUT2D eigenvalue weighted by molar-refractivity contribution is 6.37. The van der Waals surface area contributed by atoms with Crippen LogP contribution in [-0.2, 0) is 0 Å². The Morgan fingerprint density at radius 2 is 1.65 bits per heavy atom. The Balaban J connectivity index is 2.11. The Morgan fingerprint density at radius 1 is 1.00 bits per heavy atom. The molecule has 0 aliphatic rings. The molecule has 2 heterocycles. The Hall–Kier alpha value is -1.98. The highest BCUT2D eigenvalue weighted by Gasteiger charge is 2.15. The molecule has 100 valence electrons. The molecule has 5 nitrogen and oxygen atoms in total. The van der Waals surface area contributed by atoms with E-state index >= 15 is 0 Å². The highest BCUT2D eigenvalue weighted by Crippen LogP contribution is 2.33. The minimum Gasteiger partial charge on any atom is -0.257 e. The molecule has 0 saturated carbocycles. The minimum absolute atomic E-state index is 0.278. The predicted octanol–water partition coefficient (Wildman–Crippen LogP) is 3.54. The van der Waals surface area contributed by atoms with Gasteiger partial charge in [0.25, 0.3) is 0 Å². The van der Waals surface area contributed by atoms with Gasteiger partial charge in [-0.05, 0) is 12.5 Å². The number of halogens is 2. The van der Waals surface area contributed by atoms with Crippen LogP contribution in [-0.4, -0.2) is 25.1 Å². The van der Waals surface area contributed by atoms with E-state index in [1.807, 2.05) is 31.2 Å². The first-order chi connectivity index (χ1) is 9.65. The van der Waals surface area contributed by atoms with Crippen LogP contribution in [0, 0.1) is 6.92 Å². The summed E-state index contributed by atoms with van der Waals surface area (Å²) in [6.45, 7) is 2.01. The van der Waals surface area contributed by atoms with Gasteiger partial charge in [0.15, 0.2) is 11.6 Å². The molecule has 3 aromatic rings. The van der Waals surface area contributed by atoms with E-state index < -0.39 is 0 Å². The smallest absolute Gasteiger partial charge is 0.200 e. The quantitative estimate of drug-likeness (QED) is 0.735. The average molecular weight is 306 g/mol. The third-order valence-corrected chi connectivity index (χ3v) is 3.33. The van der Waals surface area contributed by atoms with Crippen LogP contribution in [0.25, 0.3) is 22.8 Å². The molecule has 0 amide bonds. The fraction of sp³-hybridized carbons (Fsp3) is 0.0769. The van der Waals surface area contributed by atoms with Gasteiger partial charge in [0, 0.05) is 0 Å². The monoisotopic (exact) mass is 305 g/mol. The second-order valence-electron chi connectivity index (χ2n) is 4.20. The first-order valence-corrected chi connectivity index (χ1v) is 6.56. The molecule has 2 aromatic heterocycles. The van der Waals surface area contributed by atoms with Crippen LogP contribution >= 0.6 is 23.2 Å². The van der Waals surface area contributed by atoms with Crippen molar-refractivity contribution in [2.24, 2.45) is 0 Å². The van der Waals surface area contributed by atoms with Crippen LogP contribution in [0.5, 0.6) is 0 Å². The van der Waals surface area contributed by atoms with Crippen molar-refractivity contribution in [3.63, 3.8) is 0 Å². The molecule has 0 bridgehead atoms. The van der Waals surface area contributed by atoms with Crippen molar-refractivity contribution in [1.29, 1.82) is 0 Å². The number of hydrogen-bond acceptors (Lipinski definition) is 4. The van der Waals surface area contributed by atoms with Gasteiger partial charge in [-0.25, -0.2) is 15.0 Å². The molecule has 0 atom stereocenters. The maximum atomic E-state index is 6.23. The van der Waals surface area contributed by atoms with Crippen LogP contribution in [0.1, 0.15) is 5.56 Å². The molecular formula is C13H9Cl2N5. The number of H-pyrrole nitrogens is 1. The van der Waals surface area contributed by atoms with E-state index in [0.717, 1.165) is 11.1 Å². The lowest BCUT2D eigenvalue weighted by molar-refractivity contribution is 1.06. The first-order valence-electron chi connectivity index (χ1n) is 5.81. The molecule has 0 unspecified atom stereocenters. The van der Waals surface area contributed by atoms with E-state index in [4.69, 9.17) is 23.2 Å². The standard InChI is InChI=1S/C13H9Cl2N5/c1-7-2-4-8(5-3-7)9-10(14)18-13(19-11(9)15)12-16-6-17-20-12/h2-6H,1H3,(H,16,17,20). The third kappa shape index (κ3) is 2.37. The second-order valence-corrected chi connectivity index (χ2v) is 4.92. The van der Waals surface area contributed by atoms with Gasteiger partial charge in [0.05, 0.1) is 5.56 Å². The van der Waals surface area contributed by atoms with Gasteiger partial charge >= 0.3 is 0 Å². The molecule has 0 saturated heterocycles. The lowest BCUT2D eigenvalue weighted by Crippen LogP contribution is -1.96. The fourth-order valence-corrected chi connectivity index (χ4v) is 2.39. The van der Waals surface area contributed by atoms with Gasteiger partial charge in [0.1, 0.15) is 16.6 Å². The number of nitrogens with one attached hydrogen (secondary N) is 1. The van der Waals surface area contributed by atoms with Gasteiger partial charge in [0.2, 0.25) is 0 Å². The number of benzene rings is 1. The number of nitrogens with zero attached hydrogens (tertiary/aromatic N) is 4. The van der Waals surface area contributed by atoms with Gasteiger partial charge in [-0.3, -0.25) is 5.10 Å². The van der Waals surface area contributed by atoms with Crippen molar-refractivity contribution >= 4 is 23.2 Å². The second kappa shape index (κ2) is 5.19. The zero-order valence-electron chi connectivity index (χ0n) is 10.4. The van der Waals surface area contributed by atoms with Crippen LogP contribution in [0.3, 0.4) is 0 Å². The van der Waals surface area contributed by atoms with Gasteiger partial charge in [-0.2, -0.15) is 5.10 Å². The summed E-state index contributed by atoms with van der Waals surface area (Å²) >= 11 is 12.5. The summed E-state index contributed by atoms with van der Waals surface area (Å²) in [6, 6.07) is 7.82. The van der Waals surface area contributed by atoms with E-state index in [0.29, 0.717) is 17.2 Å². The summed E-state index contributed by atoms with van der Waals surface area (Å²) < 4.78 is 0. The SMILES string of the molecule is Cc1ccc(-c2c(Cl)nc(-c3ncn[nH]3)nc2Cl)cc1. The largest absolute Gasteiger partial charge is 0.257 e. The molecule has 1 N–H and O–H groups in total. The maximum Gasteiger partial charge on any atom is 0.200 e. The van der Waals surface area contributed by atoms with E-state index in [1.54, 1.807) is 0 Å². The summed E-state index contributed by atoms with van der Waals surface area (Å²) in [5.74, 6) is 0.734. The predicted molar refractivity (Wildman–Crippen MR) is 77.6 cm³/mol. The summed E-state index contributed by atoms with van der Waals surface area (Å²) in [7, 11) is 0. The Labute approximate surface area is 125 Å². The number of hydrogen-bond donors (Lipinski definition) is 1. The van der Waals surface area contributed by atoms with Crippen molar-refractivity contribution in [3.8, 4) is 22.8 Å².